The molecule has 2 fully saturated rings. The Morgan fingerprint density at radius 3 is 2.90 bits per heavy atom. The van der Waals surface area contributed by atoms with Gasteiger partial charge in [-0.2, -0.15) is 5.10 Å². The van der Waals surface area contributed by atoms with Crippen molar-refractivity contribution < 1.29 is 9.90 Å². The Morgan fingerprint density at radius 1 is 1.45 bits per heavy atom. The van der Waals surface area contributed by atoms with Gasteiger partial charge in [0.15, 0.2) is 0 Å². The first-order valence-corrected chi connectivity index (χ1v) is 7.68. The van der Waals surface area contributed by atoms with Crippen molar-refractivity contribution in [2.75, 3.05) is 13.1 Å². The molecule has 0 radical (unpaired) electrons. The first kappa shape index (κ1) is 13.6. The number of hydrogen-bond acceptors (Lipinski definition) is 3. The highest BCUT2D eigenvalue weighted by molar-refractivity contribution is 5.75. The zero-order valence-corrected chi connectivity index (χ0v) is 11.8. The van der Waals surface area contributed by atoms with E-state index in [1.54, 1.807) is 0 Å². The summed E-state index contributed by atoms with van der Waals surface area (Å²) in [5, 5.41) is 17.3. The second-order valence-electron chi connectivity index (χ2n) is 6.27. The molecule has 0 aromatic carbocycles. The SMILES string of the molecule is O=C(O)C1(Cc2ccn(C3CCCCC3)n2)CCNC1. The van der Waals surface area contributed by atoms with Crippen LogP contribution in [0.3, 0.4) is 0 Å². The maximum atomic E-state index is 11.6. The van der Waals surface area contributed by atoms with Crippen LogP contribution in [0.25, 0.3) is 0 Å². The van der Waals surface area contributed by atoms with Gasteiger partial charge in [0.2, 0.25) is 0 Å². The van der Waals surface area contributed by atoms with E-state index in [9.17, 15) is 9.90 Å². The number of rotatable bonds is 4. The zero-order chi connectivity index (χ0) is 14.0. The summed E-state index contributed by atoms with van der Waals surface area (Å²) in [7, 11) is 0. The van der Waals surface area contributed by atoms with Gasteiger partial charge in [-0.25, -0.2) is 0 Å². The van der Waals surface area contributed by atoms with Gasteiger partial charge >= 0.3 is 5.97 Å². The number of nitrogens with zero attached hydrogens (tertiary/aromatic N) is 2. The highest BCUT2D eigenvalue weighted by Crippen LogP contribution is 2.31. The van der Waals surface area contributed by atoms with Crippen LogP contribution >= 0.6 is 0 Å². The standard InChI is InChI=1S/C15H23N3O2/c19-14(20)15(7-8-16-11-15)10-12-6-9-18(17-12)13-4-2-1-3-5-13/h6,9,13,16H,1-5,7-8,10-11H2,(H,19,20). The van der Waals surface area contributed by atoms with Gasteiger partial charge in [0.05, 0.1) is 17.2 Å². The van der Waals surface area contributed by atoms with E-state index in [-0.39, 0.29) is 0 Å². The molecule has 110 valence electrons. The number of hydrogen-bond donors (Lipinski definition) is 2. The van der Waals surface area contributed by atoms with Crippen molar-refractivity contribution in [2.45, 2.75) is 51.0 Å². The van der Waals surface area contributed by atoms with E-state index in [1.165, 1.54) is 32.1 Å². The van der Waals surface area contributed by atoms with Crippen molar-refractivity contribution >= 4 is 5.97 Å². The van der Waals surface area contributed by atoms with Crippen molar-refractivity contribution in [3.63, 3.8) is 0 Å². The first-order chi connectivity index (χ1) is 9.70. The van der Waals surface area contributed by atoms with E-state index >= 15 is 0 Å². The Kier molecular flexibility index (Phi) is 3.78. The van der Waals surface area contributed by atoms with E-state index in [0.717, 1.165) is 12.2 Å². The molecule has 1 aromatic heterocycles. The van der Waals surface area contributed by atoms with Crippen molar-refractivity contribution in [1.82, 2.24) is 15.1 Å². The number of carboxylic acids is 1. The molecule has 0 spiro atoms. The summed E-state index contributed by atoms with van der Waals surface area (Å²) in [6.07, 6.45) is 9.56. The maximum absolute atomic E-state index is 11.6. The fraction of sp³-hybridized carbons (Fsp3) is 0.733. The third kappa shape index (κ3) is 2.59. The molecule has 2 aliphatic rings. The molecule has 5 nitrogen and oxygen atoms in total. The molecule has 0 bridgehead atoms. The fourth-order valence-corrected chi connectivity index (χ4v) is 3.52. The van der Waals surface area contributed by atoms with Gasteiger partial charge in [0, 0.05) is 19.2 Å². The smallest absolute Gasteiger partial charge is 0.311 e. The molecule has 2 heterocycles. The number of aromatic nitrogens is 2. The molecule has 5 heteroatoms. The molecule has 1 aromatic rings. The van der Waals surface area contributed by atoms with E-state index < -0.39 is 11.4 Å². The monoisotopic (exact) mass is 277 g/mol. The quantitative estimate of drug-likeness (QED) is 0.883. The van der Waals surface area contributed by atoms with Crippen LogP contribution < -0.4 is 5.32 Å². The lowest BCUT2D eigenvalue weighted by atomic mass is 9.82. The summed E-state index contributed by atoms with van der Waals surface area (Å²) >= 11 is 0. The Bertz CT molecular complexity index is 471. The van der Waals surface area contributed by atoms with Crippen LogP contribution in [0.2, 0.25) is 0 Å². The van der Waals surface area contributed by atoms with E-state index in [4.69, 9.17) is 0 Å². The molecule has 0 amide bonds. The second kappa shape index (κ2) is 5.56. The van der Waals surface area contributed by atoms with Gasteiger partial charge in [-0.3, -0.25) is 9.48 Å². The Morgan fingerprint density at radius 2 is 2.25 bits per heavy atom. The normalized spacial score (nSPS) is 27.8. The summed E-state index contributed by atoms with van der Waals surface area (Å²) in [4.78, 5) is 11.6. The van der Waals surface area contributed by atoms with Crippen LogP contribution in [0.5, 0.6) is 0 Å². The van der Waals surface area contributed by atoms with Gasteiger partial charge in [-0.05, 0) is 31.9 Å². The highest BCUT2D eigenvalue weighted by Gasteiger charge is 2.42. The largest absolute Gasteiger partial charge is 0.481 e. The second-order valence-corrected chi connectivity index (χ2v) is 6.27. The predicted molar refractivity (Wildman–Crippen MR) is 75.6 cm³/mol. The predicted octanol–water partition coefficient (Wildman–Crippen LogP) is 2.00. The molecule has 1 saturated heterocycles. The van der Waals surface area contributed by atoms with E-state index in [0.29, 0.717) is 25.4 Å². The number of carboxylic acid groups (broad SMARTS) is 1. The van der Waals surface area contributed by atoms with Crippen LogP contribution in [0.15, 0.2) is 12.3 Å². The third-order valence-corrected chi connectivity index (χ3v) is 4.83. The molecule has 3 rings (SSSR count). The van der Waals surface area contributed by atoms with E-state index in [2.05, 4.69) is 15.1 Å². The van der Waals surface area contributed by atoms with Crippen LogP contribution in [0.1, 0.15) is 50.3 Å². The summed E-state index contributed by atoms with van der Waals surface area (Å²) in [6, 6.07) is 2.51. The van der Waals surface area contributed by atoms with Crippen LogP contribution in [0, 0.1) is 5.41 Å². The lowest BCUT2D eigenvalue weighted by Crippen LogP contribution is -2.35. The Labute approximate surface area is 119 Å². The third-order valence-electron chi connectivity index (χ3n) is 4.83. The fourth-order valence-electron chi connectivity index (χ4n) is 3.52. The Balaban J connectivity index is 1.71. The zero-order valence-electron chi connectivity index (χ0n) is 11.8. The molecule has 1 saturated carbocycles. The molecular formula is C15H23N3O2. The maximum Gasteiger partial charge on any atom is 0.311 e. The van der Waals surface area contributed by atoms with Crippen molar-refractivity contribution in [3.05, 3.63) is 18.0 Å². The van der Waals surface area contributed by atoms with Crippen LogP contribution in [0.4, 0.5) is 0 Å². The molecule has 1 atom stereocenters. The first-order valence-electron chi connectivity index (χ1n) is 7.68. The van der Waals surface area contributed by atoms with Crippen molar-refractivity contribution in [1.29, 1.82) is 0 Å². The van der Waals surface area contributed by atoms with Crippen LogP contribution in [-0.2, 0) is 11.2 Å². The highest BCUT2D eigenvalue weighted by atomic mass is 16.4. The average Bonchev–Trinajstić information content (AvgIpc) is 3.10. The number of aliphatic carboxylic acids is 1. The Hall–Kier alpha value is -1.36. The molecule has 2 N–H and O–H groups in total. The lowest BCUT2D eigenvalue weighted by Gasteiger charge is -2.23. The van der Waals surface area contributed by atoms with Gasteiger partial charge in [0.1, 0.15) is 0 Å². The van der Waals surface area contributed by atoms with Crippen molar-refractivity contribution in [3.8, 4) is 0 Å². The molecule has 1 aliphatic heterocycles. The molecule has 20 heavy (non-hydrogen) atoms. The summed E-state index contributed by atoms with van der Waals surface area (Å²) < 4.78 is 2.06. The lowest BCUT2D eigenvalue weighted by molar-refractivity contribution is -0.147. The van der Waals surface area contributed by atoms with Crippen molar-refractivity contribution in [2.24, 2.45) is 5.41 Å². The topological polar surface area (TPSA) is 67.1 Å². The summed E-state index contributed by atoms with van der Waals surface area (Å²) in [5.41, 5.74) is 0.257. The van der Waals surface area contributed by atoms with Gasteiger partial charge in [-0.1, -0.05) is 19.3 Å². The molecule has 1 unspecified atom stereocenters. The minimum atomic E-state index is -0.699. The summed E-state index contributed by atoms with van der Waals surface area (Å²) in [6.45, 7) is 1.34. The summed E-state index contributed by atoms with van der Waals surface area (Å²) in [5.74, 6) is -0.699. The molecular weight excluding hydrogens is 254 g/mol. The number of carbonyl (C=O) groups is 1. The van der Waals surface area contributed by atoms with Gasteiger partial charge in [0.25, 0.3) is 0 Å². The van der Waals surface area contributed by atoms with Gasteiger partial charge in [-0.15, -0.1) is 0 Å². The minimum Gasteiger partial charge on any atom is -0.481 e. The number of nitrogens with one attached hydrogen (secondary N) is 1. The van der Waals surface area contributed by atoms with Gasteiger partial charge < -0.3 is 10.4 Å². The minimum absolute atomic E-state index is 0.514. The van der Waals surface area contributed by atoms with E-state index in [1.807, 2.05) is 12.3 Å². The molecule has 1 aliphatic carbocycles. The van der Waals surface area contributed by atoms with Crippen LogP contribution in [-0.4, -0.2) is 33.9 Å². The average molecular weight is 277 g/mol.